The molecule has 1 fully saturated rings. The van der Waals surface area contributed by atoms with Gasteiger partial charge in [0.1, 0.15) is 6.61 Å². The summed E-state index contributed by atoms with van der Waals surface area (Å²) >= 11 is 1.45. The Morgan fingerprint density at radius 1 is 1.05 bits per heavy atom. The number of cyclic esters (lactones) is 1. The summed E-state index contributed by atoms with van der Waals surface area (Å²) in [6.07, 6.45) is 0.562. The molecule has 4 heteroatoms. The van der Waals surface area contributed by atoms with Crippen molar-refractivity contribution in [3.05, 3.63) is 66.2 Å². The molecular weight excluding hydrogens is 270 g/mol. The Morgan fingerprint density at radius 3 is 2.40 bits per heavy atom. The van der Waals surface area contributed by atoms with E-state index in [1.807, 2.05) is 48.5 Å². The molecule has 0 aromatic heterocycles. The van der Waals surface area contributed by atoms with Gasteiger partial charge in [0.15, 0.2) is 0 Å². The largest absolute Gasteiger partial charge is 0.447 e. The minimum absolute atomic E-state index is 0.0788. The second kappa shape index (κ2) is 6.01. The number of hydrogen-bond acceptors (Lipinski definition) is 3. The third-order valence-corrected chi connectivity index (χ3v) is 4.30. The standard InChI is InChI=1S/C16H15NO2S/c18-16-17(20-15-9-5-2-6-10-15)14(12-19-16)11-13-7-3-1-4-8-13/h1-10,14H,11-12H2/t14-/m0/s1. The van der Waals surface area contributed by atoms with Crippen LogP contribution in [0.3, 0.4) is 0 Å². The van der Waals surface area contributed by atoms with E-state index in [1.54, 1.807) is 4.31 Å². The topological polar surface area (TPSA) is 29.5 Å². The van der Waals surface area contributed by atoms with Crippen molar-refractivity contribution in [3.8, 4) is 0 Å². The molecule has 2 aromatic rings. The van der Waals surface area contributed by atoms with Crippen molar-refractivity contribution in [2.75, 3.05) is 6.61 Å². The van der Waals surface area contributed by atoms with Crippen LogP contribution < -0.4 is 0 Å². The molecule has 0 saturated carbocycles. The van der Waals surface area contributed by atoms with Gasteiger partial charge in [-0.1, -0.05) is 48.5 Å². The quantitative estimate of drug-likeness (QED) is 0.801. The summed E-state index contributed by atoms with van der Waals surface area (Å²) in [5.41, 5.74) is 1.22. The molecular formula is C16H15NO2S. The molecule has 1 heterocycles. The molecule has 1 atom stereocenters. The van der Waals surface area contributed by atoms with Gasteiger partial charge in [0.2, 0.25) is 0 Å². The van der Waals surface area contributed by atoms with Crippen LogP contribution in [0.5, 0.6) is 0 Å². The number of carbonyl (C=O) groups is 1. The van der Waals surface area contributed by atoms with Crippen molar-refractivity contribution in [1.29, 1.82) is 0 Å². The van der Waals surface area contributed by atoms with Crippen molar-refractivity contribution in [2.24, 2.45) is 0 Å². The average molecular weight is 285 g/mol. The molecule has 0 radical (unpaired) electrons. The molecule has 0 unspecified atom stereocenters. The molecule has 1 aliphatic rings. The van der Waals surface area contributed by atoms with Gasteiger partial charge in [-0.2, -0.15) is 0 Å². The van der Waals surface area contributed by atoms with Gasteiger partial charge in [-0.3, -0.25) is 0 Å². The fraction of sp³-hybridized carbons (Fsp3) is 0.188. The highest BCUT2D eigenvalue weighted by molar-refractivity contribution is 7.97. The first-order valence-corrected chi connectivity index (χ1v) is 7.33. The maximum Gasteiger partial charge on any atom is 0.420 e. The van der Waals surface area contributed by atoms with Crippen molar-refractivity contribution in [1.82, 2.24) is 4.31 Å². The van der Waals surface area contributed by atoms with Crippen LogP contribution in [-0.2, 0) is 11.2 Å². The molecule has 0 aliphatic carbocycles. The predicted octanol–water partition coefficient (Wildman–Crippen LogP) is 3.76. The van der Waals surface area contributed by atoms with Crippen LogP contribution in [0, 0.1) is 0 Å². The maximum absolute atomic E-state index is 11.9. The maximum atomic E-state index is 11.9. The van der Waals surface area contributed by atoms with Gasteiger partial charge in [0.25, 0.3) is 0 Å². The summed E-state index contributed by atoms with van der Waals surface area (Å²) in [5.74, 6) is 0. The number of ether oxygens (including phenoxy) is 1. The van der Waals surface area contributed by atoms with Crippen molar-refractivity contribution in [2.45, 2.75) is 17.4 Å². The molecule has 3 nitrogen and oxygen atoms in total. The first-order chi connectivity index (χ1) is 9.83. The van der Waals surface area contributed by atoms with E-state index in [2.05, 4.69) is 12.1 Å². The zero-order chi connectivity index (χ0) is 13.8. The minimum Gasteiger partial charge on any atom is -0.447 e. The van der Waals surface area contributed by atoms with E-state index < -0.39 is 0 Å². The zero-order valence-corrected chi connectivity index (χ0v) is 11.8. The lowest BCUT2D eigenvalue weighted by Crippen LogP contribution is -2.28. The number of rotatable bonds is 4. The van der Waals surface area contributed by atoms with Gasteiger partial charge >= 0.3 is 6.09 Å². The van der Waals surface area contributed by atoms with E-state index in [0.29, 0.717) is 6.61 Å². The van der Waals surface area contributed by atoms with Crippen molar-refractivity contribution in [3.63, 3.8) is 0 Å². The summed E-state index contributed by atoms with van der Waals surface area (Å²) in [6, 6.07) is 20.2. The Balaban J connectivity index is 1.72. The van der Waals surface area contributed by atoms with Gasteiger partial charge in [0.05, 0.1) is 6.04 Å². The van der Waals surface area contributed by atoms with Gasteiger partial charge in [-0.15, -0.1) is 0 Å². The molecule has 1 amide bonds. The first kappa shape index (κ1) is 13.1. The summed E-state index contributed by atoms with van der Waals surface area (Å²) in [5, 5.41) is 0. The van der Waals surface area contributed by atoms with Crippen molar-refractivity contribution >= 4 is 18.0 Å². The summed E-state index contributed by atoms with van der Waals surface area (Å²) in [7, 11) is 0. The summed E-state index contributed by atoms with van der Waals surface area (Å²) < 4.78 is 6.93. The average Bonchev–Trinajstić information content (AvgIpc) is 2.83. The third kappa shape index (κ3) is 2.96. The second-order valence-corrected chi connectivity index (χ2v) is 5.70. The van der Waals surface area contributed by atoms with E-state index in [9.17, 15) is 4.79 Å². The molecule has 20 heavy (non-hydrogen) atoms. The monoisotopic (exact) mass is 285 g/mol. The smallest absolute Gasteiger partial charge is 0.420 e. The van der Waals surface area contributed by atoms with Crippen LogP contribution in [0.2, 0.25) is 0 Å². The Hall–Kier alpha value is -1.94. The van der Waals surface area contributed by atoms with Crippen LogP contribution in [-0.4, -0.2) is 23.0 Å². The Morgan fingerprint density at radius 2 is 1.70 bits per heavy atom. The molecule has 0 spiro atoms. The minimum atomic E-state index is -0.250. The van der Waals surface area contributed by atoms with E-state index in [1.165, 1.54) is 17.5 Å². The van der Waals surface area contributed by atoms with E-state index in [-0.39, 0.29) is 12.1 Å². The highest BCUT2D eigenvalue weighted by Crippen LogP contribution is 2.30. The molecule has 2 aromatic carbocycles. The highest BCUT2D eigenvalue weighted by atomic mass is 32.2. The van der Waals surface area contributed by atoms with Crippen LogP contribution in [0.1, 0.15) is 5.56 Å². The van der Waals surface area contributed by atoms with Gasteiger partial charge < -0.3 is 4.74 Å². The van der Waals surface area contributed by atoms with Gasteiger partial charge in [0, 0.05) is 4.90 Å². The molecule has 0 bridgehead atoms. The second-order valence-electron chi connectivity index (χ2n) is 4.65. The highest BCUT2D eigenvalue weighted by Gasteiger charge is 2.34. The van der Waals surface area contributed by atoms with Gasteiger partial charge in [-0.25, -0.2) is 9.10 Å². The Bertz CT molecular complexity index is 574. The number of hydrogen-bond donors (Lipinski definition) is 0. The van der Waals surface area contributed by atoms with Crippen molar-refractivity contribution < 1.29 is 9.53 Å². The number of amides is 1. The lowest BCUT2D eigenvalue weighted by atomic mass is 10.1. The Kier molecular flexibility index (Phi) is 3.92. The molecule has 3 rings (SSSR count). The van der Waals surface area contributed by atoms with Crippen LogP contribution >= 0.6 is 11.9 Å². The van der Waals surface area contributed by atoms with E-state index >= 15 is 0 Å². The van der Waals surface area contributed by atoms with E-state index in [4.69, 9.17) is 4.74 Å². The third-order valence-electron chi connectivity index (χ3n) is 3.17. The SMILES string of the molecule is O=C1OC[C@H](Cc2ccccc2)N1Sc1ccccc1. The molecule has 1 aliphatic heterocycles. The molecule has 1 saturated heterocycles. The predicted molar refractivity (Wildman–Crippen MR) is 79.4 cm³/mol. The fourth-order valence-electron chi connectivity index (χ4n) is 2.18. The van der Waals surface area contributed by atoms with Crippen LogP contribution in [0.15, 0.2) is 65.6 Å². The van der Waals surface area contributed by atoms with Crippen LogP contribution in [0.25, 0.3) is 0 Å². The molecule has 0 N–H and O–H groups in total. The Labute approximate surface area is 122 Å². The zero-order valence-electron chi connectivity index (χ0n) is 10.9. The number of nitrogens with zero attached hydrogens (tertiary/aromatic N) is 1. The first-order valence-electron chi connectivity index (χ1n) is 6.56. The lowest BCUT2D eigenvalue weighted by Gasteiger charge is -2.19. The molecule has 102 valence electrons. The van der Waals surface area contributed by atoms with Gasteiger partial charge in [-0.05, 0) is 36.1 Å². The normalized spacial score (nSPS) is 18.1. The van der Waals surface area contributed by atoms with E-state index in [0.717, 1.165) is 11.3 Å². The number of carbonyl (C=O) groups excluding carboxylic acids is 1. The van der Waals surface area contributed by atoms with Crippen LogP contribution in [0.4, 0.5) is 4.79 Å². The fourth-order valence-corrected chi connectivity index (χ4v) is 3.10. The number of benzene rings is 2. The lowest BCUT2D eigenvalue weighted by molar-refractivity contribution is 0.171. The summed E-state index contributed by atoms with van der Waals surface area (Å²) in [6.45, 7) is 0.452. The summed E-state index contributed by atoms with van der Waals surface area (Å²) in [4.78, 5) is 12.9.